The Balaban J connectivity index is 2.44. The molecule has 0 aliphatic heterocycles. The van der Waals surface area contributed by atoms with Crippen LogP contribution in [0.3, 0.4) is 0 Å². The third kappa shape index (κ3) is 1.38. The standard InChI is InChI=1S/C10H9NO2/c12-10(11-13)6-5-8-3-1-2-4-9(8)7-10/h1-6,12H,7H2. The molecule has 0 saturated carbocycles. The molecule has 0 fully saturated rings. The minimum Gasteiger partial charge on any atom is -0.363 e. The molecule has 3 nitrogen and oxygen atoms in total. The van der Waals surface area contributed by atoms with Crippen molar-refractivity contribution in [3.8, 4) is 0 Å². The maximum Gasteiger partial charge on any atom is 0.221 e. The average Bonchev–Trinajstić information content (AvgIpc) is 2.18. The van der Waals surface area contributed by atoms with Crippen LogP contribution in [0.1, 0.15) is 11.1 Å². The first-order valence-corrected chi connectivity index (χ1v) is 4.07. The minimum atomic E-state index is -1.55. The predicted molar refractivity (Wildman–Crippen MR) is 49.9 cm³/mol. The molecule has 0 radical (unpaired) electrons. The molecule has 0 heterocycles. The van der Waals surface area contributed by atoms with E-state index in [1.165, 1.54) is 6.08 Å². The smallest absolute Gasteiger partial charge is 0.221 e. The Bertz CT molecular complexity index is 373. The summed E-state index contributed by atoms with van der Waals surface area (Å²) in [5.74, 6) is 0. The highest BCUT2D eigenvalue weighted by molar-refractivity contribution is 5.58. The molecule has 1 N–H and O–H groups in total. The van der Waals surface area contributed by atoms with Crippen LogP contribution in [-0.4, -0.2) is 10.8 Å². The number of hydrogen-bond acceptors (Lipinski definition) is 3. The van der Waals surface area contributed by atoms with Crippen LogP contribution in [0.25, 0.3) is 6.08 Å². The number of fused-ring (bicyclic) bond motifs is 1. The van der Waals surface area contributed by atoms with Gasteiger partial charge in [0.1, 0.15) is 0 Å². The van der Waals surface area contributed by atoms with Crippen molar-refractivity contribution in [1.82, 2.24) is 0 Å². The lowest BCUT2D eigenvalue weighted by molar-refractivity contribution is 0.0990. The first-order valence-electron chi connectivity index (χ1n) is 4.07. The molecule has 1 aromatic rings. The van der Waals surface area contributed by atoms with E-state index in [0.717, 1.165) is 11.1 Å². The normalized spacial score (nSPS) is 25.3. The van der Waals surface area contributed by atoms with E-state index in [0.29, 0.717) is 0 Å². The summed E-state index contributed by atoms with van der Waals surface area (Å²) >= 11 is 0. The second-order valence-corrected chi connectivity index (χ2v) is 3.18. The zero-order valence-corrected chi connectivity index (χ0v) is 6.97. The van der Waals surface area contributed by atoms with Crippen molar-refractivity contribution >= 4 is 6.08 Å². The summed E-state index contributed by atoms with van der Waals surface area (Å²) in [6.07, 6.45) is 3.42. The molecule has 0 amide bonds. The third-order valence-corrected chi connectivity index (χ3v) is 2.19. The van der Waals surface area contributed by atoms with E-state index in [2.05, 4.69) is 5.18 Å². The van der Waals surface area contributed by atoms with Gasteiger partial charge in [0.2, 0.25) is 5.72 Å². The van der Waals surface area contributed by atoms with Crippen molar-refractivity contribution in [2.24, 2.45) is 5.18 Å². The van der Waals surface area contributed by atoms with Gasteiger partial charge in [0.25, 0.3) is 0 Å². The first kappa shape index (κ1) is 8.13. The van der Waals surface area contributed by atoms with Crippen LogP contribution in [-0.2, 0) is 6.42 Å². The molecule has 3 heteroatoms. The van der Waals surface area contributed by atoms with Gasteiger partial charge in [-0.25, -0.2) is 0 Å². The molecule has 1 aliphatic rings. The largest absolute Gasteiger partial charge is 0.363 e. The molecule has 0 bridgehead atoms. The summed E-state index contributed by atoms with van der Waals surface area (Å²) in [6, 6.07) is 7.62. The van der Waals surface area contributed by atoms with Crippen LogP contribution in [0, 0.1) is 4.91 Å². The van der Waals surface area contributed by atoms with Gasteiger partial charge in [-0.15, -0.1) is 4.91 Å². The van der Waals surface area contributed by atoms with E-state index < -0.39 is 5.72 Å². The molecule has 0 aromatic heterocycles. The Labute approximate surface area is 75.7 Å². The fraction of sp³-hybridized carbons (Fsp3) is 0.200. The van der Waals surface area contributed by atoms with Crippen LogP contribution in [0.5, 0.6) is 0 Å². The molecule has 1 aromatic carbocycles. The zero-order valence-electron chi connectivity index (χ0n) is 6.97. The van der Waals surface area contributed by atoms with Gasteiger partial charge < -0.3 is 5.11 Å². The molecular weight excluding hydrogens is 166 g/mol. The Morgan fingerprint density at radius 2 is 2.15 bits per heavy atom. The molecular formula is C10H9NO2. The average molecular weight is 175 g/mol. The fourth-order valence-corrected chi connectivity index (χ4v) is 1.48. The number of rotatable bonds is 1. The summed E-state index contributed by atoms with van der Waals surface area (Å²) in [7, 11) is 0. The minimum absolute atomic E-state index is 0.267. The van der Waals surface area contributed by atoms with E-state index in [4.69, 9.17) is 0 Å². The Morgan fingerprint density at radius 3 is 2.92 bits per heavy atom. The summed E-state index contributed by atoms with van der Waals surface area (Å²) in [5.41, 5.74) is 0.442. The van der Waals surface area contributed by atoms with Crippen molar-refractivity contribution in [2.45, 2.75) is 12.1 Å². The quantitative estimate of drug-likeness (QED) is 0.660. The van der Waals surface area contributed by atoms with Crippen LogP contribution in [0.2, 0.25) is 0 Å². The van der Waals surface area contributed by atoms with E-state index in [-0.39, 0.29) is 6.42 Å². The SMILES string of the molecule is O=NC1(O)C=Cc2ccccc2C1. The van der Waals surface area contributed by atoms with Crippen LogP contribution >= 0.6 is 0 Å². The highest BCUT2D eigenvalue weighted by Crippen LogP contribution is 2.26. The molecule has 0 saturated heterocycles. The number of nitroso groups, excluding NO2 is 1. The van der Waals surface area contributed by atoms with Crippen LogP contribution in [0.4, 0.5) is 0 Å². The van der Waals surface area contributed by atoms with E-state index in [1.54, 1.807) is 6.08 Å². The van der Waals surface area contributed by atoms with Crippen molar-refractivity contribution in [3.63, 3.8) is 0 Å². The van der Waals surface area contributed by atoms with Crippen molar-refractivity contribution in [2.75, 3.05) is 0 Å². The second-order valence-electron chi connectivity index (χ2n) is 3.18. The molecule has 2 rings (SSSR count). The molecule has 66 valence electrons. The molecule has 1 atom stereocenters. The maximum atomic E-state index is 10.3. The molecule has 0 spiro atoms. The third-order valence-electron chi connectivity index (χ3n) is 2.19. The lowest BCUT2D eigenvalue weighted by atomic mass is 9.92. The van der Waals surface area contributed by atoms with Crippen molar-refractivity contribution in [1.29, 1.82) is 0 Å². The van der Waals surface area contributed by atoms with Gasteiger partial charge in [-0.2, -0.15) is 0 Å². The summed E-state index contributed by atoms with van der Waals surface area (Å²) in [4.78, 5) is 10.3. The number of aliphatic hydroxyl groups is 1. The van der Waals surface area contributed by atoms with E-state index in [1.807, 2.05) is 24.3 Å². The Hall–Kier alpha value is -1.48. The van der Waals surface area contributed by atoms with E-state index in [9.17, 15) is 10.0 Å². The van der Waals surface area contributed by atoms with Gasteiger partial charge in [-0.3, -0.25) is 0 Å². The van der Waals surface area contributed by atoms with E-state index >= 15 is 0 Å². The van der Waals surface area contributed by atoms with Gasteiger partial charge >= 0.3 is 0 Å². The maximum absolute atomic E-state index is 10.3. The van der Waals surface area contributed by atoms with Gasteiger partial charge in [-0.1, -0.05) is 30.3 Å². The highest BCUT2D eigenvalue weighted by atomic mass is 16.4. The number of hydrogen-bond donors (Lipinski definition) is 1. The Morgan fingerprint density at radius 1 is 1.38 bits per heavy atom. The molecule has 13 heavy (non-hydrogen) atoms. The fourth-order valence-electron chi connectivity index (χ4n) is 1.48. The van der Waals surface area contributed by atoms with Gasteiger partial charge in [-0.05, 0) is 22.4 Å². The van der Waals surface area contributed by atoms with Crippen LogP contribution < -0.4 is 0 Å². The number of benzene rings is 1. The van der Waals surface area contributed by atoms with Gasteiger partial charge in [0.05, 0.1) is 0 Å². The predicted octanol–water partition coefficient (Wildman–Crippen LogP) is 1.71. The molecule has 1 aliphatic carbocycles. The van der Waals surface area contributed by atoms with Crippen molar-refractivity contribution in [3.05, 3.63) is 46.4 Å². The Kier molecular flexibility index (Phi) is 1.74. The monoisotopic (exact) mass is 175 g/mol. The van der Waals surface area contributed by atoms with Gasteiger partial charge in [0.15, 0.2) is 0 Å². The highest BCUT2D eigenvalue weighted by Gasteiger charge is 2.28. The van der Waals surface area contributed by atoms with Crippen molar-refractivity contribution < 1.29 is 5.11 Å². The summed E-state index contributed by atoms with van der Waals surface area (Å²) in [6.45, 7) is 0. The first-order chi connectivity index (χ1) is 6.23. The van der Waals surface area contributed by atoms with Gasteiger partial charge in [0, 0.05) is 6.42 Å². The number of nitrogens with zero attached hydrogens (tertiary/aromatic N) is 1. The zero-order chi connectivity index (χ0) is 9.31. The summed E-state index contributed by atoms with van der Waals surface area (Å²) < 4.78 is 0. The molecule has 1 unspecified atom stereocenters. The lowest BCUT2D eigenvalue weighted by Gasteiger charge is -2.21. The second kappa shape index (κ2) is 2.78. The van der Waals surface area contributed by atoms with Crippen LogP contribution in [0.15, 0.2) is 35.5 Å². The summed E-state index contributed by atoms with van der Waals surface area (Å²) in [5, 5.41) is 12.3. The topological polar surface area (TPSA) is 49.7 Å². The lowest BCUT2D eigenvalue weighted by Crippen LogP contribution is -2.27.